The smallest absolute Gasteiger partial charge is 0.316 e. The van der Waals surface area contributed by atoms with Gasteiger partial charge in [0.2, 0.25) is 0 Å². The maximum atomic E-state index is 12.0. The van der Waals surface area contributed by atoms with Crippen LogP contribution in [-0.2, 0) is 14.9 Å². The zero-order chi connectivity index (χ0) is 13.2. The highest BCUT2D eigenvalue weighted by atomic mass is 35.5. The largest absolute Gasteiger partial charge is 0.465 e. The van der Waals surface area contributed by atoms with Gasteiger partial charge in [0.05, 0.1) is 17.0 Å². The summed E-state index contributed by atoms with van der Waals surface area (Å²) in [6, 6.07) is 5.93. The van der Waals surface area contributed by atoms with Crippen molar-refractivity contribution in [2.75, 3.05) is 12.4 Å². The zero-order valence-electron chi connectivity index (χ0n) is 10.7. The maximum Gasteiger partial charge on any atom is 0.316 e. The number of hydrogen-bond donors (Lipinski definition) is 0. The Bertz CT molecular complexity index is 455. The van der Waals surface area contributed by atoms with Gasteiger partial charge in [-0.3, -0.25) is 4.79 Å². The third-order valence-corrected chi connectivity index (χ3v) is 4.58. The van der Waals surface area contributed by atoms with Crippen LogP contribution in [0.2, 0.25) is 5.02 Å². The van der Waals surface area contributed by atoms with Crippen LogP contribution in [0.5, 0.6) is 0 Å². The van der Waals surface area contributed by atoms with E-state index in [-0.39, 0.29) is 5.97 Å². The van der Waals surface area contributed by atoms with Crippen molar-refractivity contribution in [2.24, 2.45) is 0 Å². The standard InChI is InChI=1S/C14H17ClO2S/c1-3-17-13(16)14(7-8-14)10-5-6-12(18-4-2)11(15)9-10/h5-6,9H,3-4,7-8H2,1-2H3. The Kier molecular flexibility index (Phi) is 4.23. The fourth-order valence-electron chi connectivity index (χ4n) is 2.08. The zero-order valence-corrected chi connectivity index (χ0v) is 12.2. The fraction of sp³-hybridized carbons (Fsp3) is 0.500. The summed E-state index contributed by atoms with van der Waals surface area (Å²) in [7, 11) is 0. The van der Waals surface area contributed by atoms with Gasteiger partial charge in [0, 0.05) is 4.90 Å². The molecule has 0 N–H and O–H groups in total. The summed E-state index contributed by atoms with van der Waals surface area (Å²) in [6.07, 6.45) is 1.73. The minimum atomic E-state index is -0.422. The van der Waals surface area contributed by atoms with Gasteiger partial charge in [-0.15, -0.1) is 11.8 Å². The second-order valence-electron chi connectivity index (χ2n) is 4.38. The van der Waals surface area contributed by atoms with Gasteiger partial charge in [-0.25, -0.2) is 0 Å². The minimum Gasteiger partial charge on any atom is -0.465 e. The van der Waals surface area contributed by atoms with E-state index in [9.17, 15) is 4.79 Å². The SMILES string of the molecule is CCOC(=O)C1(c2ccc(SCC)c(Cl)c2)CC1. The lowest BCUT2D eigenvalue weighted by Crippen LogP contribution is -2.23. The van der Waals surface area contributed by atoms with E-state index in [0.29, 0.717) is 6.61 Å². The molecule has 0 atom stereocenters. The first-order valence-corrected chi connectivity index (χ1v) is 7.60. The normalized spacial score (nSPS) is 16.4. The van der Waals surface area contributed by atoms with Crippen LogP contribution < -0.4 is 0 Å². The highest BCUT2D eigenvalue weighted by Gasteiger charge is 2.52. The highest BCUT2D eigenvalue weighted by molar-refractivity contribution is 7.99. The van der Waals surface area contributed by atoms with Gasteiger partial charge in [0.1, 0.15) is 0 Å². The third kappa shape index (κ3) is 2.52. The van der Waals surface area contributed by atoms with Gasteiger partial charge in [-0.1, -0.05) is 24.6 Å². The number of carbonyl (C=O) groups is 1. The predicted octanol–water partition coefficient (Wildman–Crippen LogP) is 4.05. The first-order valence-electron chi connectivity index (χ1n) is 6.24. The van der Waals surface area contributed by atoms with Crippen LogP contribution in [0.1, 0.15) is 32.3 Å². The number of benzene rings is 1. The lowest BCUT2D eigenvalue weighted by Gasteiger charge is -2.15. The molecule has 0 spiro atoms. The summed E-state index contributed by atoms with van der Waals surface area (Å²) in [5.41, 5.74) is 0.570. The quantitative estimate of drug-likeness (QED) is 0.603. The Morgan fingerprint density at radius 1 is 1.44 bits per heavy atom. The van der Waals surface area contributed by atoms with Crippen molar-refractivity contribution in [2.45, 2.75) is 37.0 Å². The van der Waals surface area contributed by atoms with Crippen molar-refractivity contribution in [1.82, 2.24) is 0 Å². The van der Waals surface area contributed by atoms with E-state index in [4.69, 9.17) is 16.3 Å². The van der Waals surface area contributed by atoms with Crippen molar-refractivity contribution in [3.8, 4) is 0 Å². The van der Waals surface area contributed by atoms with E-state index in [1.54, 1.807) is 11.8 Å². The molecule has 0 aromatic heterocycles. The molecule has 1 aliphatic carbocycles. The molecule has 0 heterocycles. The molecule has 1 fully saturated rings. The molecule has 1 aromatic rings. The second-order valence-corrected chi connectivity index (χ2v) is 6.09. The summed E-state index contributed by atoms with van der Waals surface area (Å²) in [5, 5.41) is 0.731. The molecule has 98 valence electrons. The first kappa shape index (κ1) is 13.8. The molecule has 18 heavy (non-hydrogen) atoms. The van der Waals surface area contributed by atoms with E-state index in [0.717, 1.165) is 34.1 Å². The summed E-state index contributed by atoms with van der Waals surface area (Å²) in [6.45, 7) is 4.36. The van der Waals surface area contributed by atoms with Gasteiger partial charge in [0.15, 0.2) is 0 Å². The Balaban J connectivity index is 2.24. The Labute approximate surface area is 117 Å². The van der Waals surface area contributed by atoms with Crippen molar-refractivity contribution >= 4 is 29.3 Å². The fourth-order valence-corrected chi connectivity index (χ4v) is 3.09. The van der Waals surface area contributed by atoms with E-state index in [1.165, 1.54) is 0 Å². The summed E-state index contributed by atoms with van der Waals surface area (Å²) < 4.78 is 5.15. The molecule has 0 radical (unpaired) electrons. The van der Waals surface area contributed by atoms with E-state index in [2.05, 4.69) is 6.92 Å². The van der Waals surface area contributed by atoms with Gasteiger partial charge in [-0.2, -0.15) is 0 Å². The molecule has 0 unspecified atom stereocenters. The lowest BCUT2D eigenvalue weighted by molar-refractivity contribution is -0.146. The molecular formula is C14H17ClO2S. The van der Waals surface area contributed by atoms with Crippen LogP contribution in [-0.4, -0.2) is 18.3 Å². The molecule has 0 aliphatic heterocycles. The second kappa shape index (κ2) is 5.54. The molecule has 0 amide bonds. The summed E-state index contributed by atoms with van der Waals surface area (Å²) >= 11 is 7.96. The lowest BCUT2D eigenvalue weighted by atomic mass is 9.96. The number of ether oxygens (including phenoxy) is 1. The van der Waals surface area contributed by atoms with Crippen LogP contribution in [0.4, 0.5) is 0 Å². The number of hydrogen-bond acceptors (Lipinski definition) is 3. The molecule has 1 aromatic carbocycles. The Hall–Kier alpha value is -0.670. The highest BCUT2D eigenvalue weighted by Crippen LogP contribution is 2.50. The van der Waals surface area contributed by atoms with Crippen molar-refractivity contribution in [3.63, 3.8) is 0 Å². The average molecular weight is 285 g/mol. The molecule has 0 saturated heterocycles. The van der Waals surface area contributed by atoms with E-state index >= 15 is 0 Å². The van der Waals surface area contributed by atoms with Gasteiger partial charge >= 0.3 is 5.97 Å². The van der Waals surface area contributed by atoms with Crippen molar-refractivity contribution in [1.29, 1.82) is 0 Å². The minimum absolute atomic E-state index is 0.114. The average Bonchev–Trinajstić information content (AvgIpc) is 3.14. The predicted molar refractivity (Wildman–Crippen MR) is 75.4 cm³/mol. The van der Waals surface area contributed by atoms with Crippen LogP contribution in [0.25, 0.3) is 0 Å². The van der Waals surface area contributed by atoms with Crippen molar-refractivity contribution < 1.29 is 9.53 Å². The first-order chi connectivity index (χ1) is 8.64. The number of rotatable bonds is 5. The number of halogens is 1. The Morgan fingerprint density at radius 2 is 2.17 bits per heavy atom. The van der Waals surface area contributed by atoms with Crippen LogP contribution in [0.3, 0.4) is 0 Å². The van der Waals surface area contributed by atoms with E-state index < -0.39 is 5.41 Å². The van der Waals surface area contributed by atoms with Gasteiger partial charge < -0.3 is 4.74 Å². The van der Waals surface area contributed by atoms with Crippen molar-refractivity contribution in [3.05, 3.63) is 28.8 Å². The summed E-state index contributed by atoms with van der Waals surface area (Å²) in [4.78, 5) is 13.1. The molecule has 1 aliphatic rings. The number of esters is 1. The van der Waals surface area contributed by atoms with Crippen LogP contribution in [0.15, 0.2) is 23.1 Å². The number of carbonyl (C=O) groups excluding carboxylic acids is 1. The maximum absolute atomic E-state index is 12.0. The molecule has 4 heteroatoms. The molecule has 1 saturated carbocycles. The van der Waals surface area contributed by atoms with Gasteiger partial charge in [-0.05, 0) is 43.2 Å². The molecule has 0 bridgehead atoms. The summed E-state index contributed by atoms with van der Waals surface area (Å²) in [5.74, 6) is 0.874. The molecule has 2 rings (SSSR count). The number of thioether (sulfide) groups is 1. The molecular weight excluding hydrogens is 268 g/mol. The third-order valence-electron chi connectivity index (χ3n) is 3.20. The van der Waals surface area contributed by atoms with Gasteiger partial charge in [0.25, 0.3) is 0 Å². The van der Waals surface area contributed by atoms with Crippen LogP contribution >= 0.6 is 23.4 Å². The topological polar surface area (TPSA) is 26.3 Å². The Morgan fingerprint density at radius 3 is 2.67 bits per heavy atom. The monoisotopic (exact) mass is 284 g/mol. The van der Waals surface area contributed by atoms with Crippen LogP contribution in [0, 0.1) is 0 Å². The van der Waals surface area contributed by atoms with E-state index in [1.807, 2.05) is 25.1 Å². The molecule has 2 nitrogen and oxygen atoms in total.